The van der Waals surface area contributed by atoms with Gasteiger partial charge in [-0.05, 0) is 55.8 Å². The average Bonchev–Trinajstić information content (AvgIpc) is 3.10. The van der Waals surface area contributed by atoms with E-state index in [-0.39, 0.29) is 23.6 Å². The summed E-state index contributed by atoms with van der Waals surface area (Å²) in [4.78, 5) is 29.8. The van der Waals surface area contributed by atoms with Crippen LogP contribution in [0.3, 0.4) is 0 Å². The molecule has 0 unspecified atom stereocenters. The minimum atomic E-state index is -3.61. The number of carbonyl (C=O) groups is 2. The Hall–Kier alpha value is -2.82. The molecule has 176 valence electrons. The van der Waals surface area contributed by atoms with Gasteiger partial charge in [0.15, 0.2) is 4.80 Å². The number of aromatic nitrogens is 1. The first-order valence-corrected chi connectivity index (χ1v) is 12.9. The number of nitrogens with zero attached hydrogens (tertiary/aromatic N) is 3. The minimum Gasteiger partial charge on any atom is -0.465 e. The van der Waals surface area contributed by atoms with Gasteiger partial charge >= 0.3 is 5.97 Å². The summed E-state index contributed by atoms with van der Waals surface area (Å²) >= 11 is 1.30. The lowest BCUT2D eigenvalue weighted by atomic mass is 10.2. The zero-order valence-electron chi connectivity index (χ0n) is 19.1. The molecular weight excluding hydrogens is 462 g/mol. The molecule has 0 aliphatic heterocycles. The van der Waals surface area contributed by atoms with E-state index in [2.05, 4.69) is 4.99 Å². The summed E-state index contributed by atoms with van der Waals surface area (Å²) < 4.78 is 34.3. The van der Waals surface area contributed by atoms with Crippen LogP contribution >= 0.6 is 11.3 Å². The van der Waals surface area contributed by atoms with Crippen LogP contribution in [0.15, 0.2) is 52.4 Å². The molecule has 0 saturated heterocycles. The molecule has 0 bridgehead atoms. The van der Waals surface area contributed by atoms with Crippen LogP contribution in [0.5, 0.6) is 0 Å². The summed E-state index contributed by atoms with van der Waals surface area (Å²) in [5, 5.41) is 0. The molecule has 1 aromatic heterocycles. The third-order valence-electron chi connectivity index (χ3n) is 5.07. The van der Waals surface area contributed by atoms with Crippen molar-refractivity contribution in [2.24, 2.45) is 4.99 Å². The summed E-state index contributed by atoms with van der Waals surface area (Å²) in [6.45, 7) is 8.16. The number of hydrogen-bond donors (Lipinski definition) is 0. The van der Waals surface area contributed by atoms with Crippen molar-refractivity contribution in [3.05, 3.63) is 58.4 Å². The van der Waals surface area contributed by atoms with Crippen LogP contribution in [0.2, 0.25) is 0 Å². The second-order valence-electron chi connectivity index (χ2n) is 7.28. The highest BCUT2D eigenvalue weighted by molar-refractivity contribution is 7.89. The number of benzene rings is 2. The van der Waals surface area contributed by atoms with E-state index in [1.807, 2.05) is 25.1 Å². The summed E-state index contributed by atoms with van der Waals surface area (Å²) in [6.07, 6.45) is 0. The molecule has 0 atom stereocenters. The van der Waals surface area contributed by atoms with Gasteiger partial charge in [-0.3, -0.25) is 9.59 Å². The van der Waals surface area contributed by atoms with Crippen LogP contribution in [-0.4, -0.2) is 48.9 Å². The first-order valence-electron chi connectivity index (χ1n) is 10.7. The van der Waals surface area contributed by atoms with Crippen molar-refractivity contribution in [2.45, 2.75) is 39.1 Å². The molecule has 8 nitrogen and oxygen atoms in total. The number of amides is 1. The lowest BCUT2D eigenvalue weighted by molar-refractivity contribution is -0.143. The van der Waals surface area contributed by atoms with E-state index < -0.39 is 21.9 Å². The lowest BCUT2D eigenvalue weighted by Crippen LogP contribution is -2.30. The van der Waals surface area contributed by atoms with E-state index in [0.29, 0.717) is 17.9 Å². The Morgan fingerprint density at radius 3 is 2.33 bits per heavy atom. The summed E-state index contributed by atoms with van der Waals surface area (Å²) in [6, 6.07) is 11.5. The number of hydrogen-bond acceptors (Lipinski definition) is 6. The molecule has 2 aromatic carbocycles. The van der Waals surface area contributed by atoms with E-state index in [1.165, 1.54) is 39.9 Å². The van der Waals surface area contributed by atoms with E-state index in [1.54, 1.807) is 25.3 Å². The number of sulfonamides is 1. The van der Waals surface area contributed by atoms with Gasteiger partial charge in [-0.25, -0.2) is 8.42 Å². The van der Waals surface area contributed by atoms with Crippen molar-refractivity contribution >= 4 is 43.5 Å². The van der Waals surface area contributed by atoms with Crippen LogP contribution in [0.4, 0.5) is 0 Å². The Kier molecular flexibility index (Phi) is 7.83. The Morgan fingerprint density at radius 2 is 1.73 bits per heavy atom. The Labute approximate surface area is 197 Å². The molecule has 3 aromatic rings. The van der Waals surface area contributed by atoms with Gasteiger partial charge in [-0.1, -0.05) is 31.3 Å². The summed E-state index contributed by atoms with van der Waals surface area (Å²) in [5.41, 5.74) is 2.09. The topological polar surface area (TPSA) is 98.0 Å². The second kappa shape index (κ2) is 10.4. The molecule has 33 heavy (non-hydrogen) atoms. The number of aryl methyl sites for hydroxylation is 1. The monoisotopic (exact) mass is 489 g/mol. The summed E-state index contributed by atoms with van der Waals surface area (Å²) in [7, 11) is -3.61. The molecule has 0 fully saturated rings. The van der Waals surface area contributed by atoms with Crippen LogP contribution in [-0.2, 0) is 26.1 Å². The molecule has 1 heterocycles. The Bertz CT molecular complexity index is 1330. The average molecular weight is 490 g/mol. The number of fused-ring (bicyclic) bond motifs is 1. The largest absolute Gasteiger partial charge is 0.465 e. The first-order chi connectivity index (χ1) is 15.7. The molecule has 0 aliphatic rings. The number of ether oxygens (including phenoxy) is 1. The third-order valence-corrected chi connectivity index (χ3v) is 8.18. The van der Waals surface area contributed by atoms with E-state index in [4.69, 9.17) is 4.74 Å². The molecular formula is C23H27N3O5S2. The van der Waals surface area contributed by atoms with E-state index in [9.17, 15) is 18.0 Å². The highest BCUT2D eigenvalue weighted by Crippen LogP contribution is 2.20. The van der Waals surface area contributed by atoms with Gasteiger partial charge in [0.2, 0.25) is 10.0 Å². The number of rotatable bonds is 8. The highest BCUT2D eigenvalue weighted by atomic mass is 32.2. The number of carbonyl (C=O) groups excluding carboxylic acids is 2. The maximum Gasteiger partial charge on any atom is 0.326 e. The highest BCUT2D eigenvalue weighted by Gasteiger charge is 2.21. The van der Waals surface area contributed by atoms with Gasteiger partial charge < -0.3 is 9.30 Å². The number of esters is 1. The van der Waals surface area contributed by atoms with Crippen LogP contribution in [0.25, 0.3) is 10.2 Å². The van der Waals surface area contributed by atoms with Gasteiger partial charge in [-0.15, -0.1) is 0 Å². The van der Waals surface area contributed by atoms with Crippen molar-refractivity contribution in [1.29, 1.82) is 0 Å². The van der Waals surface area contributed by atoms with Gasteiger partial charge in [0, 0.05) is 18.7 Å². The zero-order chi connectivity index (χ0) is 24.2. The van der Waals surface area contributed by atoms with Crippen LogP contribution in [0, 0.1) is 6.92 Å². The van der Waals surface area contributed by atoms with Gasteiger partial charge in [-0.2, -0.15) is 9.30 Å². The molecule has 10 heteroatoms. The molecule has 0 N–H and O–H groups in total. The lowest BCUT2D eigenvalue weighted by Gasteiger charge is -2.18. The fourth-order valence-corrected chi connectivity index (χ4v) is 5.97. The molecule has 0 aliphatic carbocycles. The summed E-state index contributed by atoms with van der Waals surface area (Å²) in [5.74, 6) is -0.944. The molecule has 0 radical (unpaired) electrons. The molecule has 0 saturated carbocycles. The zero-order valence-corrected chi connectivity index (χ0v) is 20.7. The Morgan fingerprint density at radius 1 is 1.06 bits per heavy atom. The van der Waals surface area contributed by atoms with Gasteiger partial charge in [0.05, 0.1) is 21.7 Å². The third kappa shape index (κ3) is 5.40. The smallest absolute Gasteiger partial charge is 0.326 e. The van der Waals surface area contributed by atoms with Crippen molar-refractivity contribution in [1.82, 2.24) is 8.87 Å². The second-order valence-corrected chi connectivity index (χ2v) is 10.2. The molecule has 0 spiro atoms. The standard InChI is InChI=1S/C23H27N3O5S2/c1-5-25(6-2)33(29,30)18-11-9-17(10-12-18)22(28)24-23-26(15-21(27)31-7-3)19-13-8-16(4)14-20(19)32-23/h8-14H,5-7,15H2,1-4H3. The van der Waals surface area contributed by atoms with E-state index >= 15 is 0 Å². The normalized spacial score (nSPS) is 12.5. The number of thiazole rings is 1. The van der Waals surface area contributed by atoms with Crippen LogP contribution < -0.4 is 4.80 Å². The predicted octanol–water partition coefficient (Wildman–Crippen LogP) is 3.35. The quantitative estimate of drug-likeness (QED) is 0.452. The SMILES string of the molecule is CCOC(=O)Cn1c(=NC(=O)c2ccc(S(=O)(=O)N(CC)CC)cc2)sc2cc(C)ccc21. The Balaban J connectivity index is 2.00. The predicted molar refractivity (Wildman–Crippen MR) is 128 cm³/mol. The van der Waals surface area contributed by atoms with Crippen molar-refractivity contribution in [2.75, 3.05) is 19.7 Å². The maximum absolute atomic E-state index is 12.9. The van der Waals surface area contributed by atoms with Crippen molar-refractivity contribution in [3.63, 3.8) is 0 Å². The van der Waals surface area contributed by atoms with Gasteiger partial charge in [0.25, 0.3) is 5.91 Å². The molecule has 1 amide bonds. The van der Waals surface area contributed by atoms with Crippen molar-refractivity contribution < 1.29 is 22.7 Å². The van der Waals surface area contributed by atoms with Crippen LogP contribution in [0.1, 0.15) is 36.7 Å². The maximum atomic E-state index is 12.9. The fraction of sp³-hybridized carbons (Fsp3) is 0.348. The van der Waals surface area contributed by atoms with E-state index in [0.717, 1.165) is 15.8 Å². The molecule has 3 rings (SSSR count). The van der Waals surface area contributed by atoms with Gasteiger partial charge in [0.1, 0.15) is 6.54 Å². The fourth-order valence-electron chi connectivity index (χ4n) is 3.39. The minimum absolute atomic E-state index is 0.0654. The van der Waals surface area contributed by atoms with Crippen molar-refractivity contribution in [3.8, 4) is 0 Å². The first kappa shape index (κ1) is 24.8.